The highest BCUT2D eigenvalue weighted by Gasteiger charge is 2.28. The molecule has 1 aliphatic heterocycles. The average Bonchev–Trinajstić information content (AvgIpc) is 2.83. The van der Waals surface area contributed by atoms with Crippen LogP contribution in [0.4, 0.5) is 0 Å². The van der Waals surface area contributed by atoms with Crippen LogP contribution in [0.5, 0.6) is 0 Å². The standard InChI is InChI=1S/C13H17Cl2NO/c1-2-16-13(12-4-3-7-17-12)10-8-9(14)5-6-11(10)15/h5-6,8,12-13,16H,2-4,7H2,1H3. The summed E-state index contributed by atoms with van der Waals surface area (Å²) < 4.78 is 5.75. The second kappa shape index (κ2) is 6.05. The van der Waals surface area contributed by atoms with Crippen molar-refractivity contribution in [1.82, 2.24) is 5.32 Å². The topological polar surface area (TPSA) is 21.3 Å². The summed E-state index contributed by atoms with van der Waals surface area (Å²) in [5, 5.41) is 4.90. The lowest BCUT2D eigenvalue weighted by atomic mass is 9.99. The van der Waals surface area contributed by atoms with E-state index in [2.05, 4.69) is 12.2 Å². The zero-order valence-electron chi connectivity index (χ0n) is 9.88. The second-order valence-electron chi connectivity index (χ2n) is 4.25. The van der Waals surface area contributed by atoms with Gasteiger partial charge >= 0.3 is 0 Å². The number of ether oxygens (including phenoxy) is 1. The predicted molar refractivity (Wildman–Crippen MR) is 71.9 cm³/mol. The summed E-state index contributed by atoms with van der Waals surface area (Å²) in [5.74, 6) is 0. The molecule has 17 heavy (non-hydrogen) atoms. The van der Waals surface area contributed by atoms with Crippen molar-refractivity contribution in [3.8, 4) is 0 Å². The number of halogens is 2. The molecule has 0 aromatic heterocycles. The lowest BCUT2D eigenvalue weighted by molar-refractivity contribution is 0.0788. The highest BCUT2D eigenvalue weighted by molar-refractivity contribution is 6.33. The molecule has 2 unspecified atom stereocenters. The number of benzene rings is 1. The molecule has 1 aliphatic rings. The number of rotatable bonds is 4. The van der Waals surface area contributed by atoms with Crippen LogP contribution in [0.2, 0.25) is 10.0 Å². The monoisotopic (exact) mass is 273 g/mol. The van der Waals surface area contributed by atoms with Gasteiger partial charge in [0.05, 0.1) is 12.1 Å². The van der Waals surface area contributed by atoms with Gasteiger partial charge in [0, 0.05) is 16.7 Å². The summed E-state index contributed by atoms with van der Waals surface area (Å²) >= 11 is 12.3. The van der Waals surface area contributed by atoms with Crippen molar-refractivity contribution < 1.29 is 4.74 Å². The Balaban J connectivity index is 2.27. The molecule has 1 N–H and O–H groups in total. The quantitative estimate of drug-likeness (QED) is 0.901. The molecule has 1 heterocycles. The Bertz CT molecular complexity index is 378. The lowest BCUT2D eigenvalue weighted by Gasteiger charge is -2.25. The van der Waals surface area contributed by atoms with Gasteiger partial charge in [-0.3, -0.25) is 0 Å². The van der Waals surface area contributed by atoms with Crippen LogP contribution >= 0.6 is 23.2 Å². The van der Waals surface area contributed by atoms with Crippen LogP contribution in [0.25, 0.3) is 0 Å². The molecule has 1 aromatic carbocycles. The highest BCUT2D eigenvalue weighted by atomic mass is 35.5. The summed E-state index contributed by atoms with van der Waals surface area (Å²) in [7, 11) is 0. The van der Waals surface area contributed by atoms with Gasteiger partial charge in [0.1, 0.15) is 0 Å². The molecule has 2 rings (SSSR count). The van der Waals surface area contributed by atoms with Gasteiger partial charge in [0.15, 0.2) is 0 Å². The van der Waals surface area contributed by atoms with Crippen molar-refractivity contribution in [1.29, 1.82) is 0 Å². The van der Waals surface area contributed by atoms with Crippen molar-refractivity contribution in [3.63, 3.8) is 0 Å². The molecule has 0 spiro atoms. The Morgan fingerprint density at radius 1 is 1.47 bits per heavy atom. The Morgan fingerprint density at radius 2 is 2.29 bits per heavy atom. The zero-order chi connectivity index (χ0) is 12.3. The van der Waals surface area contributed by atoms with E-state index in [9.17, 15) is 0 Å². The molecule has 0 amide bonds. The van der Waals surface area contributed by atoms with Gasteiger partial charge in [0.25, 0.3) is 0 Å². The van der Waals surface area contributed by atoms with Gasteiger partial charge in [-0.05, 0) is 43.1 Å². The van der Waals surface area contributed by atoms with E-state index in [1.54, 1.807) is 0 Å². The van der Waals surface area contributed by atoms with E-state index in [0.29, 0.717) is 5.02 Å². The minimum absolute atomic E-state index is 0.133. The molecular weight excluding hydrogens is 257 g/mol. The minimum atomic E-state index is 0.133. The van der Waals surface area contributed by atoms with E-state index < -0.39 is 0 Å². The van der Waals surface area contributed by atoms with Gasteiger partial charge in [-0.15, -0.1) is 0 Å². The summed E-state index contributed by atoms with van der Waals surface area (Å²) in [6.45, 7) is 3.80. The molecule has 1 aromatic rings. The third-order valence-electron chi connectivity index (χ3n) is 3.05. The average molecular weight is 274 g/mol. The third-order valence-corrected chi connectivity index (χ3v) is 3.63. The molecule has 1 fully saturated rings. The third kappa shape index (κ3) is 3.14. The maximum absolute atomic E-state index is 6.25. The van der Waals surface area contributed by atoms with E-state index in [1.807, 2.05) is 18.2 Å². The van der Waals surface area contributed by atoms with Crippen LogP contribution in [0.15, 0.2) is 18.2 Å². The largest absolute Gasteiger partial charge is 0.376 e. The van der Waals surface area contributed by atoms with Crippen molar-refractivity contribution in [2.45, 2.75) is 31.9 Å². The van der Waals surface area contributed by atoms with Crippen molar-refractivity contribution in [2.75, 3.05) is 13.2 Å². The predicted octanol–water partition coefficient (Wildman–Crippen LogP) is 3.82. The van der Waals surface area contributed by atoms with Crippen LogP contribution in [-0.2, 0) is 4.74 Å². The number of hydrogen-bond donors (Lipinski definition) is 1. The fraction of sp³-hybridized carbons (Fsp3) is 0.538. The molecule has 0 bridgehead atoms. The second-order valence-corrected chi connectivity index (χ2v) is 5.10. The maximum Gasteiger partial charge on any atom is 0.0771 e. The lowest BCUT2D eigenvalue weighted by Crippen LogP contribution is -2.31. The van der Waals surface area contributed by atoms with E-state index in [4.69, 9.17) is 27.9 Å². The SMILES string of the molecule is CCNC(c1cc(Cl)ccc1Cl)C1CCCO1. The van der Waals surface area contributed by atoms with Crippen LogP contribution in [-0.4, -0.2) is 19.3 Å². The van der Waals surface area contributed by atoms with Crippen molar-refractivity contribution in [3.05, 3.63) is 33.8 Å². The van der Waals surface area contributed by atoms with Crippen molar-refractivity contribution in [2.24, 2.45) is 0 Å². The summed E-state index contributed by atoms with van der Waals surface area (Å²) in [6.07, 6.45) is 2.39. The van der Waals surface area contributed by atoms with Gasteiger partial charge in [0.2, 0.25) is 0 Å². The first-order valence-corrected chi connectivity index (χ1v) is 6.78. The Hall–Kier alpha value is -0.280. The number of hydrogen-bond acceptors (Lipinski definition) is 2. The zero-order valence-corrected chi connectivity index (χ0v) is 11.4. The molecular formula is C13H17Cl2NO. The van der Waals surface area contributed by atoms with E-state index in [1.165, 1.54) is 0 Å². The van der Waals surface area contributed by atoms with Crippen LogP contribution in [0.1, 0.15) is 31.4 Å². The molecule has 0 radical (unpaired) electrons. The van der Waals surface area contributed by atoms with Gasteiger partial charge in [-0.1, -0.05) is 30.1 Å². The molecule has 94 valence electrons. The fourth-order valence-electron chi connectivity index (χ4n) is 2.28. The van der Waals surface area contributed by atoms with E-state index >= 15 is 0 Å². The smallest absolute Gasteiger partial charge is 0.0771 e. The maximum atomic E-state index is 6.25. The van der Waals surface area contributed by atoms with Crippen LogP contribution in [0, 0.1) is 0 Å². The number of likely N-dealkylation sites (N-methyl/N-ethyl adjacent to an activating group) is 1. The van der Waals surface area contributed by atoms with Crippen LogP contribution < -0.4 is 5.32 Å². The van der Waals surface area contributed by atoms with Gasteiger partial charge in [-0.25, -0.2) is 0 Å². The molecule has 4 heteroatoms. The first-order chi connectivity index (χ1) is 8.22. The highest BCUT2D eigenvalue weighted by Crippen LogP contribution is 2.32. The van der Waals surface area contributed by atoms with Crippen LogP contribution in [0.3, 0.4) is 0 Å². The molecule has 1 saturated heterocycles. The summed E-state index contributed by atoms with van der Waals surface area (Å²) in [6, 6.07) is 5.72. The molecule has 0 saturated carbocycles. The normalized spacial score (nSPS) is 21.7. The van der Waals surface area contributed by atoms with E-state index in [-0.39, 0.29) is 12.1 Å². The van der Waals surface area contributed by atoms with E-state index in [0.717, 1.165) is 36.6 Å². The first kappa shape index (κ1) is 13.2. The summed E-state index contributed by atoms with van der Waals surface area (Å²) in [4.78, 5) is 0. The summed E-state index contributed by atoms with van der Waals surface area (Å²) in [5.41, 5.74) is 1.04. The number of nitrogens with one attached hydrogen (secondary N) is 1. The first-order valence-electron chi connectivity index (χ1n) is 6.02. The molecule has 2 nitrogen and oxygen atoms in total. The Kier molecular flexibility index (Phi) is 4.69. The molecule has 2 atom stereocenters. The van der Waals surface area contributed by atoms with Crippen molar-refractivity contribution >= 4 is 23.2 Å². The van der Waals surface area contributed by atoms with Gasteiger partial charge in [-0.2, -0.15) is 0 Å². The Labute approximate surface area is 112 Å². The fourth-order valence-corrected chi connectivity index (χ4v) is 2.70. The Morgan fingerprint density at radius 3 is 2.94 bits per heavy atom. The minimum Gasteiger partial charge on any atom is -0.376 e. The molecule has 0 aliphatic carbocycles. The van der Waals surface area contributed by atoms with Gasteiger partial charge < -0.3 is 10.1 Å².